The minimum absolute atomic E-state index is 0.00210. The summed E-state index contributed by atoms with van der Waals surface area (Å²) in [5.74, 6) is 0.145. The Morgan fingerprint density at radius 3 is 2.94 bits per heavy atom. The summed E-state index contributed by atoms with van der Waals surface area (Å²) in [4.78, 5) is 11.6. The molecule has 2 rings (SSSR count). The molecule has 0 heterocycles. The van der Waals surface area contributed by atoms with Gasteiger partial charge in [-0.15, -0.1) is 0 Å². The highest BCUT2D eigenvalue weighted by atomic mass is 79.9. The summed E-state index contributed by atoms with van der Waals surface area (Å²) in [6, 6.07) is 6.01. The Bertz CT molecular complexity index is 433. The number of benzene rings is 1. The predicted octanol–water partition coefficient (Wildman–Crippen LogP) is 3.90. The number of halogens is 2. The van der Waals surface area contributed by atoms with E-state index in [4.69, 9.17) is 16.3 Å². The lowest BCUT2D eigenvalue weighted by Gasteiger charge is -2.05. The third-order valence-electron chi connectivity index (χ3n) is 3.00. The predicted molar refractivity (Wildman–Crippen MR) is 71.6 cm³/mol. The number of hydrogen-bond donors (Lipinski definition) is 0. The third kappa shape index (κ3) is 2.83. The van der Waals surface area contributed by atoms with Crippen molar-refractivity contribution in [3.05, 3.63) is 34.3 Å². The van der Waals surface area contributed by atoms with Gasteiger partial charge in [0, 0.05) is 10.4 Å². The molecule has 0 spiro atoms. The van der Waals surface area contributed by atoms with E-state index >= 15 is 0 Å². The van der Waals surface area contributed by atoms with Gasteiger partial charge in [-0.3, -0.25) is 4.79 Å². The van der Waals surface area contributed by atoms with Crippen LogP contribution in [0, 0.1) is 5.92 Å². The smallest absolute Gasteiger partial charge is 0.309 e. The first-order valence-electron chi connectivity index (χ1n) is 5.68. The maximum Gasteiger partial charge on any atom is 0.309 e. The first-order chi connectivity index (χ1) is 8.17. The molecule has 4 heteroatoms. The van der Waals surface area contributed by atoms with Gasteiger partial charge >= 0.3 is 5.97 Å². The van der Waals surface area contributed by atoms with E-state index in [1.54, 1.807) is 0 Å². The number of carbonyl (C=O) groups is 1. The quantitative estimate of drug-likeness (QED) is 0.622. The normalized spacial score (nSPS) is 22.3. The van der Waals surface area contributed by atoms with Crippen LogP contribution in [0.2, 0.25) is 5.02 Å². The van der Waals surface area contributed by atoms with Crippen molar-refractivity contribution in [3.8, 4) is 0 Å². The molecule has 1 aromatic rings. The SMILES string of the molecule is CCOC(=O)C1CC1c1ccc(CBr)cc1Cl. The molecule has 17 heavy (non-hydrogen) atoms. The molecule has 1 aliphatic carbocycles. The number of ether oxygens (including phenoxy) is 1. The Morgan fingerprint density at radius 1 is 1.59 bits per heavy atom. The maximum absolute atomic E-state index is 11.6. The fourth-order valence-electron chi connectivity index (χ4n) is 2.00. The van der Waals surface area contributed by atoms with Crippen LogP contribution in [-0.2, 0) is 14.9 Å². The van der Waals surface area contributed by atoms with Crippen LogP contribution in [0.25, 0.3) is 0 Å². The number of carbonyl (C=O) groups excluding carboxylic acids is 1. The molecule has 92 valence electrons. The summed E-state index contributed by atoms with van der Waals surface area (Å²) in [5, 5.41) is 1.54. The summed E-state index contributed by atoms with van der Waals surface area (Å²) in [5.41, 5.74) is 2.21. The zero-order chi connectivity index (χ0) is 12.4. The van der Waals surface area contributed by atoms with Crippen LogP contribution in [0.1, 0.15) is 30.4 Å². The summed E-state index contributed by atoms with van der Waals surface area (Å²) in [7, 11) is 0. The van der Waals surface area contributed by atoms with E-state index in [0.29, 0.717) is 6.61 Å². The second kappa shape index (κ2) is 5.40. The summed E-state index contributed by atoms with van der Waals surface area (Å²) in [6.07, 6.45) is 0.853. The van der Waals surface area contributed by atoms with Crippen molar-refractivity contribution in [2.75, 3.05) is 6.61 Å². The maximum atomic E-state index is 11.6. The second-order valence-electron chi connectivity index (χ2n) is 4.19. The molecule has 0 aliphatic heterocycles. The van der Waals surface area contributed by atoms with Gasteiger partial charge < -0.3 is 4.74 Å². The highest BCUT2D eigenvalue weighted by Crippen LogP contribution is 2.50. The lowest BCUT2D eigenvalue weighted by atomic mass is 10.1. The third-order valence-corrected chi connectivity index (χ3v) is 3.97. The molecule has 0 bridgehead atoms. The minimum atomic E-state index is -0.0989. The summed E-state index contributed by atoms with van der Waals surface area (Å²) < 4.78 is 5.01. The summed E-state index contributed by atoms with van der Waals surface area (Å²) in [6.45, 7) is 2.27. The molecular formula is C13H14BrClO2. The molecule has 0 amide bonds. The van der Waals surface area contributed by atoms with E-state index in [9.17, 15) is 4.79 Å². The van der Waals surface area contributed by atoms with Crippen molar-refractivity contribution in [1.82, 2.24) is 0 Å². The van der Waals surface area contributed by atoms with Crippen molar-refractivity contribution in [3.63, 3.8) is 0 Å². The van der Waals surface area contributed by atoms with E-state index < -0.39 is 0 Å². The van der Waals surface area contributed by atoms with Gasteiger partial charge in [0.25, 0.3) is 0 Å². The van der Waals surface area contributed by atoms with Crippen molar-refractivity contribution >= 4 is 33.5 Å². The molecule has 2 nitrogen and oxygen atoms in total. The van der Waals surface area contributed by atoms with Crippen LogP contribution in [0.3, 0.4) is 0 Å². The molecule has 2 atom stereocenters. The molecule has 2 unspecified atom stereocenters. The lowest BCUT2D eigenvalue weighted by Crippen LogP contribution is -2.07. The average Bonchev–Trinajstić information content (AvgIpc) is 3.09. The van der Waals surface area contributed by atoms with Crippen LogP contribution in [0.15, 0.2) is 18.2 Å². The van der Waals surface area contributed by atoms with Crippen molar-refractivity contribution < 1.29 is 9.53 Å². The highest BCUT2D eigenvalue weighted by Gasteiger charge is 2.45. The first-order valence-corrected chi connectivity index (χ1v) is 7.18. The van der Waals surface area contributed by atoms with E-state index in [2.05, 4.69) is 15.9 Å². The van der Waals surface area contributed by atoms with Gasteiger partial charge in [-0.05, 0) is 36.5 Å². The van der Waals surface area contributed by atoms with Gasteiger partial charge in [-0.1, -0.05) is 39.7 Å². The average molecular weight is 318 g/mol. The van der Waals surface area contributed by atoms with Crippen LogP contribution in [0.5, 0.6) is 0 Å². The van der Waals surface area contributed by atoms with E-state index in [1.165, 1.54) is 0 Å². The topological polar surface area (TPSA) is 26.3 Å². The largest absolute Gasteiger partial charge is 0.466 e. The van der Waals surface area contributed by atoms with Gasteiger partial charge in [0.15, 0.2) is 0 Å². The Morgan fingerprint density at radius 2 is 2.35 bits per heavy atom. The van der Waals surface area contributed by atoms with Crippen LogP contribution in [0.4, 0.5) is 0 Å². The molecule has 0 aromatic heterocycles. The molecular weight excluding hydrogens is 303 g/mol. The van der Waals surface area contributed by atoms with Crippen molar-refractivity contribution in [1.29, 1.82) is 0 Å². The zero-order valence-electron chi connectivity index (χ0n) is 9.58. The highest BCUT2D eigenvalue weighted by molar-refractivity contribution is 9.08. The Labute approximate surface area is 114 Å². The number of esters is 1. The standard InChI is InChI=1S/C13H14BrClO2/c1-2-17-13(16)11-6-10(11)9-4-3-8(7-14)5-12(9)15/h3-5,10-11H,2,6-7H2,1H3. The monoisotopic (exact) mass is 316 g/mol. The number of rotatable bonds is 4. The van der Waals surface area contributed by atoms with Crippen LogP contribution < -0.4 is 0 Å². The first kappa shape index (κ1) is 12.9. The van der Waals surface area contributed by atoms with Gasteiger partial charge in [-0.25, -0.2) is 0 Å². The second-order valence-corrected chi connectivity index (χ2v) is 5.16. The van der Waals surface area contributed by atoms with Crippen molar-refractivity contribution in [2.45, 2.75) is 24.6 Å². The molecule has 1 aromatic carbocycles. The molecule has 1 aliphatic rings. The van der Waals surface area contributed by atoms with Gasteiger partial charge in [-0.2, -0.15) is 0 Å². The Hall–Kier alpha value is -0.540. The van der Waals surface area contributed by atoms with Gasteiger partial charge in [0.2, 0.25) is 0 Å². The Balaban J connectivity index is 2.08. The number of alkyl halides is 1. The molecule has 0 N–H and O–H groups in total. The van der Waals surface area contributed by atoms with Crippen molar-refractivity contribution in [2.24, 2.45) is 5.92 Å². The van der Waals surface area contributed by atoms with E-state index in [1.807, 2.05) is 25.1 Å². The van der Waals surface area contributed by atoms with Gasteiger partial charge in [0.05, 0.1) is 12.5 Å². The van der Waals surface area contributed by atoms with Crippen LogP contribution >= 0.6 is 27.5 Å². The number of hydrogen-bond acceptors (Lipinski definition) is 2. The fraction of sp³-hybridized carbons (Fsp3) is 0.462. The molecule has 1 saturated carbocycles. The summed E-state index contributed by atoms with van der Waals surface area (Å²) >= 11 is 9.61. The zero-order valence-corrected chi connectivity index (χ0v) is 11.9. The van der Waals surface area contributed by atoms with E-state index in [0.717, 1.165) is 27.9 Å². The lowest BCUT2D eigenvalue weighted by molar-refractivity contribution is -0.144. The molecule has 0 radical (unpaired) electrons. The van der Waals surface area contributed by atoms with E-state index in [-0.39, 0.29) is 17.8 Å². The Kier molecular flexibility index (Phi) is 4.10. The van der Waals surface area contributed by atoms with Gasteiger partial charge in [0.1, 0.15) is 0 Å². The molecule has 0 saturated heterocycles. The van der Waals surface area contributed by atoms with Crippen LogP contribution in [-0.4, -0.2) is 12.6 Å². The minimum Gasteiger partial charge on any atom is -0.466 e. The fourth-order valence-corrected chi connectivity index (χ4v) is 2.70. The molecule has 1 fully saturated rings.